The number of aromatic nitrogens is 1. The molecule has 0 atom stereocenters. The monoisotopic (exact) mass is 360 g/mol. The molecule has 5 rings (SSSR count). The summed E-state index contributed by atoms with van der Waals surface area (Å²) in [5, 5.41) is 11.3. The van der Waals surface area contributed by atoms with Crippen molar-refractivity contribution in [2.45, 2.75) is 6.54 Å². The van der Waals surface area contributed by atoms with Crippen molar-refractivity contribution >= 4 is 21.8 Å². The standard InChI is InChI=1S/C14H10N2.C12H10/c15-9-10-16-13-7-3-1-5-11(13)12-6-2-4-8-14(12)16;1-3-7-11(8-4-1)12-9-5-2-6-10-12/h1-8H,10H2;1-10H. The lowest BCUT2D eigenvalue weighted by atomic mass is 10.1. The van der Waals surface area contributed by atoms with E-state index < -0.39 is 0 Å². The van der Waals surface area contributed by atoms with Crippen LogP contribution < -0.4 is 0 Å². The summed E-state index contributed by atoms with van der Waals surface area (Å²) in [5.74, 6) is 0. The third-order valence-electron chi connectivity index (χ3n) is 4.79. The van der Waals surface area contributed by atoms with Crippen molar-refractivity contribution in [3.05, 3.63) is 109 Å². The highest BCUT2D eigenvalue weighted by Crippen LogP contribution is 2.28. The average molecular weight is 360 g/mol. The topological polar surface area (TPSA) is 28.7 Å². The normalized spacial score (nSPS) is 10.2. The molecule has 0 bridgehead atoms. The maximum Gasteiger partial charge on any atom is 0.110 e. The molecule has 0 spiro atoms. The Morgan fingerprint density at radius 3 is 1.36 bits per heavy atom. The Balaban J connectivity index is 0.000000143. The minimum absolute atomic E-state index is 0.397. The molecule has 0 aliphatic carbocycles. The van der Waals surface area contributed by atoms with Gasteiger partial charge in [0.25, 0.3) is 0 Å². The summed E-state index contributed by atoms with van der Waals surface area (Å²) < 4.78 is 2.06. The van der Waals surface area contributed by atoms with E-state index in [0.717, 1.165) is 11.0 Å². The molecule has 1 heterocycles. The second-order valence-corrected chi connectivity index (χ2v) is 6.51. The van der Waals surface area contributed by atoms with Gasteiger partial charge in [0.1, 0.15) is 6.54 Å². The van der Waals surface area contributed by atoms with Gasteiger partial charge in [0.05, 0.1) is 17.1 Å². The first kappa shape index (κ1) is 17.6. The minimum atomic E-state index is 0.397. The molecule has 0 saturated carbocycles. The van der Waals surface area contributed by atoms with Crippen molar-refractivity contribution in [3.8, 4) is 17.2 Å². The van der Waals surface area contributed by atoms with Crippen LogP contribution in [-0.4, -0.2) is 4.57 Å². The lowest BCUT2D eigenvalue weighted by molar-refractivity contribution is 0.910. The van der Waals surface area contributed by atoms with Crippen molar-refractivity contribution < 1.29 is 0 Å². The number of rotatable bonds is 2. The first-order valence-electron chi connectivity index (χ1n) is 9.32. The molecule has 1 aromatic heterocycles. The molecule has 28 heavy (non-hydrogen) atoms. The van der Waals surface area contributed by atoms with Crippen LogP contribution in [0.5, 0.6) is 0 Å². The molecule has 0 fully saturated rings. The Kier molecular flexibility index (Phi) is 5.17. The lowest BCUT2D eigenvalue weighted by Gasteiger charge is -1.99. The second kappa shape index (κ2) is 8.24. The van der Waals surface area contributed by atoms with Gasteiger partial charge in [0.2, 0.25) is 0 Å². The van der Waals surface area contributed by atoms with Gasteiger partial charge in [-0.05, 0) is 23.3 Å². The zero-order valence-corrected chi connectivity index (χ0v) is 15.5. The summed E-state index contributed by atoms with van der Waals surface area (Å²) in [4.78, 5) is 0. The highest BCUT2D eigenvalue weighted by atomic mass is 15.0. The van der Waals surface area contributed by atoms with Gasteiger partial charge in [-0.1, -0.05) is 97.1 Å². The quantitative estimate of drug-likeness (QED) is 0.345. The van der Waals surface area contributed by atoms with Crippen LogP contribution in [0.2, 0.25) is 0 Å². The molecule has 0 N–H and O–H groups in total. The molecule has 134 valence electrons. The van der Waals surface area contributed by atoms with Crippen molar-refractivity contribution in [2.24, 2.45) is 0 Å². The van der Waals surface area contributed by atoms with Crippen molar-refractivity contribution in [2.75, 3.05) is 0 Å². The number of benzene rings is 4. The Hall–Kier alpha value is -3.83. The molecule has 0 amide bonds. The fraction of sp³-hybridized carbons (Fsp3) is 0.0385. The molecule has 4 aromatic carbocycles. The highest BCUT2D eigenvalue weighted by molar-refractivity contribution is 6.07. The molecule has 5 aromatic rings. The maximum atomic E-state index is 8.89. The summed E-state index contributed by atoms with van der Waals surface area (Å²) in [6.45, 7) is 0.397. The maximum absolute atomic E-state index is 8.89. The van der Waals surface area contributed by atoms with Gasteiger partial charge in [-0.3, -0.25) is 0 Å². The number of fused-ring (bicyclic) bond motifs is 3. The molecule has 2 heteroatoms. The number of hydrogen-bond acceptors (Lipinski definition) is 1. The van der Waals surface area contributed by atoms with Gasteiger partial charge in [-0.2, -0.15) is 5.26 Å². The zero-order valence-electron chi connectivity index (χ0n) is 15.5. The van der Waals surface area contributed by atoms with E-state index in [-0.39, 0.29) is 0 Å². The van der Waals surface area contributed by atoms with Crippen LogP contribution in [0.1, 0.15) is 0 Å². The number of hydrogen-bond donors (Lipinski definition) is 0. The SMILES string of the molecule is N#CCn1c2ccccc2c2ccccc21.c1ccc(-c2ccccc2)cc1. The molecule has 0 unspecified atom stereocenters. The van der Waals surface area contributed by atoms with Crippen LogP contribution in [0.15, 0.2) is 109 Å². The number of nitrogens with zero attached hydrogens (tertiary/aromatic N) is 2. The average Bonchev–Trinajstić information content (AvgIpc) is 3.10. The Morgan fingerprint density at radius 2 is 0.929 bits per heavy atom. The molecule has 0 radical (unpaired) electrons. The summed E-state index contributed by atoms with van der Waals surface area (Å²) >= 11 is 0. The fourth-order valence-corrected chi connectivity index (χ4v) is 3.51. The van der Waals surface area contributed by atoms with Gasteiger partial charge in [0.15, 0.2) is 0 Å². The molecule has 0 aliphatic heterocycles. The Bertz CT molecular complexity index is 1140. The zero-order chi connectivity index (χ0) is 19.2. The van der Waals surface area contributed by atoms with Gasteiger partial charge in [-0.15, -0.1) is 0 Å². The Labute approximate surface area is 164 Å². The first-order chi connectivity index (χ1) is 13.9. The summed E-state index contributed by atoms with van der Waals surface area (Å²) in [6, 6.07) is 39.4. The van der Waals surface area contributed by atoms with Gasteiger partial charge >= 0.3 is 0 Å². The molecule has 0 aliphatic rings. The molecular formula is C26H20N2. The molecular weight excluding hydrogens is 340 g/mol. The van der Waals surface area contributed by atoms with E-state index in [1.165, 1.54) is 21.9 Å². The summed E-state index contributed by atoms with van der Waals surface area (Å²) in [6.07, 6.45) is 0. The largest absolute Gasteiger partial charge is 0.326 e. The van der Waals surface area contributed by atoms with Crippen molar-refractivity contribution in [1.29, 1.82) is 5.26 Å². The van der Waals surface area contributed by atoms with Gasteiger partial charge in [-0.25, -0.2) is 0 Å². The predicted molar refractivity (Wildman–Crippen MR) is 117 cm³/mol. The number of nitriles is 1. The van der Waals surface area contributed by atoms with Crippen molar-refractivity contribution in [3.63, 3.8) is 0 Å². The van der Waals surface area contributed by atoms with E-state index in [1.807, 2.05) is 36.4 Å². The third kappa shape index (κ3) is 3.51. The van der Waals surface area contributed by atoms with Crippen LogP contribution in [-0.2, 0) is 6.54 Å². The molecule has 2 nitrogen and oxygen atoms in total. The van der Waals surface area contributed by atoms with Crippen LogP contribution in [0, 0.1) is 11.3 Å². The second-order valence-electron chi connectivity index (χ2n) is 6.51. The summed E-state index contributed by atoms with van der Waals surface area (Å²) in [5.41, 5.74) is 4.81. The highest BCUT2D eigenvalue weighted by Gasteiger charge is 2.08. The van der Waals surface area contributed by atoms with Crippen LogP contribution in [0.25, 0.3) is 32.9 Å². The third-order valence-corrected chi connectivity index (χ3v) is 4.79. The van der Waals surface area contributed by atoms with Crippen LogP contribution in [0.3, 0.4) is 0 Å². The smallest absolute Gasteiger partial charge is 0.110 e. The van der Waals surface area contributed by atoms with E-state index in [2.05, 4.69) is 83.4 Å². The van der Waals surface area contributed by atoms with E-state index in [9.17, 15) is 0 Å². The lowest BCUT2D eigenvalue weighted by Crippen LogP contribution is -1.93. The van der Waals surface area contributed by atoms with E-state index in [4.69, 9.17) is 5.26 Å². The Morgan fingerprint density at radius 1 is 0.536 bits per heavy atom. The first-order valence-corrected chi connectivity index (χ1v) is 9.32. The molecule has 0 saturated heterocycles. The van der Waals surface area contributed by atoms with Crippen LogP contribution >= 0.6 is 0 Å². The van der Waals surface area contributed by atoms with Crippen molar-refractivity contribution in [1.82, 2.24) is 4.57 Å². The summed E-state index contributed by atoms with van der Waals surface area (Å²) in [7, 11) is 0. The van der Waals surface area contributed by atoms with Crippen LogP contribution in [0.4, 0.5) is 0 Å². The van der Waals surface area contributed by atoms with Gasteiger partial charge < -0.3 is 4.57 Å². The number of para-hydroxylation sites is 2. The van der Waals surface area contributed by atoms with Gasteiger partial charge in [0, 0.05) is 10.8 Å². The van der Waals surface area contributed by atoms with E-state index >= 15 is 0 Å². The van der Waals surface area contributed by atoms with E-state index in [0.29, 0.717) is 6.54 Å². The minimum Gasteiger partial charge on any atom is -0.326 e. The van der Waals surface area contributed by atoms with E-state index in [1.54, 1.807) is 0 Å². The fourth-order valence-electron chi connectivity index (χ4n) is 3.51. The predicted octanol–water partition coefficient (Wildman–Crippen LogP) is 6.67.